The molecule has 0 atom stereocenters. The van der Waals surface area contributed by atoms with Gasteiger partial charge in [-0.2, -0.15) is 0 Å². The highest BCUT2D eigenvalue weighted by atomic mass is 16.5. The van der Waals surface area contributed by atoms with Crippen molar-refractivity contribution in [1.29, 1.82) is 0 Å². The van der Waals surface area contributed by atoms with Gasteiger partial charge in [0.15, 0.2) is 0 Å². The fourth-order valence-corrected chi connectivity index (χ4v) is 9.80. The summed E-state index contributed by atoms with van der Waals surface area (Å²) >= 11 is 0. The molecule has 64 heavy (non-hydrogen) atoms. The Bertz CT molecular complexity index is 3750. The van der Waals surface area contributed by atoms with E-state index >= 15 is 0 Å². The summed E-state index contributed by atoms with van der Waals surface area (Å²) in [7, 11) is 0. The van der Waals surface area contributed by atoms with Crippen LogP contribution in [-0.2, 0) is 0 Å². The van der Waals surface area contributed by atoms with Gasteiger partial charge in [0.1, 0.15) is 24.0 Å². The van der Waals surface area contributed by atoms with E-state index in [1.54, 1.807) is 0 Å². The molecular formula is C58H39N5O. The van der Waals surface area contributed by atoms with E-state index in [1.807, 2.05) is 6.07 Å². The van der Waals surface area contributed by atoms with Gasteiger partial charge < -0.3 is 19.1 Å². The zero-order chi connectivity index (χ0) is 42.1. The van der Waals surface area contributed by atoms with Crippen LogP contribution in [0.5, 0.6) is 11.5 Å². The predicted octanol–water partition coefficient (Wildman–Crippen LogP) is 15.1. The van der Waals surface area contributed by atoms with Crippen LogP contribution in [0.2, 0.25) is 0 Å². The van der Waals surface area contributed by atoms with E-state index in [4.69, 9.17) is 9.72 Å². The number of hydrogen-bond acceptors (Lipinski definition) is 4. The molecular weight excluding hydrogens is 783 g/mol. The molecule has 12 aromatic rings. The number of hydrogen-bond donors (Lipinski definition) is 0. The molecule has 1 aliphatic heterocycles. The highest BCUT2D eigenvalue weighted by molar-refractivity contribution is 6.14. The second-order valence-electron chi connectivity index (χ2n) is 16.5. The summed E-state index contributed by atoms with van der Waals surface area (Å²) in [6.45, 7) is 0.695. The largest absolute Gasteiger partial charge is 0.457 e. The molecule has 9 aromatic carbocycles. The number of rotatable bonds is 7. The predicted molar refractivity (Wildman–Crippen MR) is 264 cm³/mol. The molecule has 0 radical (unpaired) electrons. The van der Waals surface area contributed by atoms with E-state index in [0.717, 1.165) is 78.3 Å². The molecule has 4 heterocycles. The fourth-order valence-electron chi connectivity index (χ4n) is 9.80. The van der Waals surface area contributed by atoms with Gasteiger partial charge in [-0.1, -0.05) is 115 Å². The van der Waals surface area contributed by atoms with Gasteiger partial charge in [0.05, 0.1) is 33.4 Å². The summed E-state index contributed by atoms with van der Waals surface area (Å²) in [6.07, 6.45) is 2.05. The zero-order valence-corrected chi connectivity index (χ0v) is 34.7. The molecule has 0 saturated carbocycles. The molecule has 0 unspecified atom stereocenters. The number of ether oxygens (including phenoxy) is 1. The van der Waals surface area contributed by atoms with Crippen LogP contribution in [0, 0.1) is 0 Å². The van der Waals surface area contributed by atoms with Gasteiger partial charge in [-0.05, 0) is 107 Å². The highest BCUT2D eigenvalue weighted by Gasteiger charge is 2.28. The Hall–Kier alpha value is -8.61. The smallest absolute Gasteiger partial charge is 0.139 e. The van der Waals surface area contributed by atoms with E-state index in [1.165, 1.54) is 33.0 Å². The van der Waals surface area contributed by atoms with Crippen LogP contribution in [0.4, 0.5) is 22.7 Å². The second-order valence-corrected chi connectivity index (χ2v) is 16.5. The molecule has 3 aromatic heterocycles. The Balaban J connectivity index is 0.959. The Kier molecular flexibility index (Phi) is 8.18. The lowest BCUT2D eigenvalue weighted by atomic mass is 10.0. The third-order valence-electron chi connectivity index (χ3n) is 12.8. The first-order valence-corrected chi connectivity index (χ1v) is 21.7. The molecule has 0 saturated heterocycles. The number of nitrogens with zero attached hydrogens (tertiary/aromatic N) is 5. The lowest BCUT2D eigenvalue weighted by Crippen LogP contribution is -2.23. The first-order chi connectivity index (χ1) is 31.7. The van der Waals surface area contributed by atoms with Crippen molar-refractivity contribution >= 4 is 77.1 Å². The van der Waals surface area contributed by atoms with Gasteiger partial charge in [0.25, 0.3) is 0 Å². The van der Waals surface area contributed by atoms with Gasteiger partial charge in [-0.25, -0.2) is 4.98 Å². The van der Waals surface area contributed by atoms with Gasteiger partial charge in [-0.15, -0.1) is 0 Å². The number of anilines is 4. The fraction of sp³-hybridized carbons (Fsp3) is 0.0172. The molecule has 0 bridgehead atoms. The summed E-state index contributed by atoms with van der Waals surface area (Å²) < 4.78 is 11.5. The summed E-state index contributed by atoms with van der Waals surface area (Å²) in [6, 6.07) is 77.5. The Morgan fingerprint density at radius 2 is 0.969 bits per heavy atom. The monoisotopic (exact) mass is 821 g/mol. The summed E-state index contributed by atoms with van der Waals surface area (Å²) in [5.41, 5.74) is 12.3. The maximum atomic E-state index is 6.81. The average Bonchev–Trinajstić information content (AvgIpc) is 4.01. The van der Waals surface area contributed by atoms with E-state index in [2.05, 4.69) is 237 Å². The van der Waals surface area contributed by atoms with Crippen molar-refractivity contribution in [1.82, 2.24) is 14.1 Å². The Morgan fingerprint density at radius 1 is 0.359 bits per heavy atom. The first-order valence-electron chi connectivity index (χ1n) is 21.7. The molecule has 0 amide bonds. The zero-order valence-electron chi connectivity index (χ0n) is 34.7. The van der Waals surface area contributed by atoms with E-state index in [9.17, 15) is 0 Å². The number of fused-ring (bicyclic) bond motifs is 8. The van der Waals surface area contributed by atoms with Crippen LogP contribution in [0.25, 0.3) is 77.0 Å². The van der Waals surface area contributed by atoms with Crippen molar-refractivity contribution in [3.8, 4) is 34.1 Å². The summed E-state index contributed by atoms with van der Waals surface area (Å²) in [4.78, 5) is 9.98. The van der Waals surface area contributed by atoms with Crippen molar-refractivity contribution in [2.75, 3.05) is 16.5 Å². The maximum Gasteiger partial charge on any atom is 0.139 e. The number of para-hydroxylation sites is 4. The normalized spacial score (nSPS) is 12.6. The van der Waals surface area contributed by atoms with E-state index in [0.29, 0.717) is 6.67 Å². The molecule has 302 valence electrons. The SMILES string of the molecule is c1ccc(-c2ccc3c(c2)c2ccc(Oc4cccc(N5CN(c6ccccc6)c6ccccc65)c4)cc2n3-c2cc3c(cn2)c2cc4ccccc4cc2n3-c2ccccc2)cc1. The van der Waals surface area contributed by atoms with Crippen LogP contribution in [0.15, 0.2) is 225 Å². The van der Waals surface area contributed by atoms with Crippen LogP contribution in [-0.4, -0.2) is 20.8 Å². The van der Waals surface area contributed by atoms with Crippen LogP contribution in [0.1, 0.15) is 0 Å². The second kappa shape index (κ2) is 14.5. The molecule has 0 spiro atoms. The molecule has 6 nitrogen and oxygen atoms in total. The number of pyridine rings is 1. The van der Waals surface area contributed by atoms with Crippen molar-refractivity contribution < 1.29 is 4.74 Å². The minimum atomic E-state index is 0.695. The van der Waals surface area contributed by atoms with Crippen molar-refractivity contribution in [2.45, 2.75) is 0 Å². The quantitative estimate of drug-likeness (QED) is 0.161. The van der Waals surface area contributed by atoms with Crippen LogP contribution in [0.3, 0.4) is 0 Å². The Labute approximate surface area is 369 Å². The lowest BCUT2D eigenvalue weighted by molar-refractivity contribution is 0.483. The van der Waals surface area contributed by atoms with E-state index < -0.39 is 0 Å². The van der Waals surface area contributed by atoms with Gasteiger partial charge in [0, 0.05) is 63.0 Å². The number of benzene rings is 9. The van der Waals surface area contributed by atoms with Crippen molar-refractivity contribution in [2.24, 2.45) is 0 Å². The molecule has 0 fully saturated rings. The summed E-state index contributed by atoms with van der Waals surface area (Å²) in [5, 5.41) is 6.97. The van der Waals surface area contributed by atoms with Gasteiger partial charge in [0.2, 0.25) is 0 Å². The number of aromatic nitrogens is 3. The van der Waals surface area contributed by atoms with Gasteiger partial charge in [-0.3, -0.25) is 4.57 Å². The molecule has 6 heteroatoms. The highest BCUT2D eigenvalue weighted by Crippen LogP contribution is 2.45. The first kappa shape index (κ1) is 36.1. The van der Waals surface area contributed by atoms with Crippen LogP contribution >= 0.6 is 0 Å². The third-order valence-corrected chi connectivity index (χ3v) is 12.8. The van der Waals surface area contributed by atoms with Crippen molar-refractivity contribution in [3.63, 3.8) is 0 Å². The van der Waals surface area contributed by atoms with Crippen LogP contribution < -0.4 is 14.5 Å². The third kappa shape index (κ3) is 5.84. The lowest BCUT2D eigenvalue weighted by Gasteiger charge is -2.22. The molecule has 0 aliphatic carbocycles. The molecule has 13 rings (SSSR count). The van der Waals surface area contributed by atoms with E-state index in [-0.39, 0.29) is 0 Å². The minimum absolute atomic E-state index is 0.695. The molecule has 1 aliphatic rings. The Morgan fingerprint density at radius 3 is 1.75 bits per heavy atom. The minimum Gasteiger partial charge on any atom is -0.457 e. The topological polar surface area (TPSA) is 38.5 Å². The average molecular weight is 822 g/mol. The standard InChI is InChI=1S/C58H39N5O/c1-4-15-39(16-5-1)42-27-30-52-49(32-42)48-29-28-47(64-46-24-14-23-45(34-46)61-38-60(43-19-6-2-7-20-43)53-25-12-13-26-54(53)61)35-56(48)63(52)58-36-57-51(37-59-58)50-31-40-17-10-11-18-41(40)33-55(50)62(57)44-21-8-3-9-22-44/h1-37H,38H2. The maximum absolute atomic E-state index is 6.81. The molecule has 0 N–H and O–H groups in total. The van der Waals surface area contributed by atoms with Gasteiger partial charge >= 0.3 is 0 Å². The van der Waals surface area contributed by atoms with Crippen molar-refractivity contribution in [3.05, 3.63) is 225 Å². The summed E-state index contributed by atoms with van der Waals surface area (Å²) in [5.74, 6) is 2.34.